The summed E-state index contributed by atoms with van der Waals surface area (Å²) in [6, 6.07) is 3.76. The Morgan fingerprint density at radius 2 is 2.06 bits per heavy atom. The van der Waals surface area contributed by atoms with Crippen molar-refractivity contribution in [3.05, 3.63) is 33.9 Å². The van der Waals surface area contributed by atoms with Gasteiger partial charge in [0.2, 0.25) is 10.0 Å². The molecule has 0 aliphatic carbocycles. The van der Waals surface area contributed by atoms with Crippen LogP contribution in [0.5, 0.6) is 0 Å². The second-order valence-corrected chi connectivity index (χ2v) is 4.94. The number of sulfonamides is 1. The number of rotatable bonds is 4. The first-order chi connectivity index (χ1) is 7.38. The molecular formula is C9H12N2O4S. The molecule has 0 spiro atoms. The summed E-state index contributed by atoms with van der Waals surface area (Å²) in [5.74, 6) is 0. The van der Waals surface area contributed by atoms with Gasteiger partial charge in [-0.1, -0.05) is 13.0 Å². The molecule has 0 bridgehead atoms. The van der Waals surface area contributed by atoms with Crippen LogP contribution in [0.1, 0.15) is 12.5 Å². The fourth-order valence-electron chi connectivity index (χ4n) is 1.26. The van der Waals surface area contributed by atoms with E-state index in [0.29, 0.717) is 5.56 Å². The van der Waals surface area contributed by atoms with Crippen molar-refractivity contribution in [2.24, 2.45) is 0 Å². The van der Waals surface area contributed by atoms with Crippen molar-refractivity contribution in [3.63, 3.8) is 0 Å². The minimum absolute atomic E-state index is 0.0523. The molecule has 0 heterocycles. The highest BCUT2D eigenvalue weighted by Crippen LogP contribution is 2.21. The van der Waals surface area contributed by atoms with Crippen LogP contribution in [0.2, 0.25) is 0 Å². The zero-order valence-electron chi connectivity index (χ0n) is 8.93. The quantitative estimate of drug-likeness (QED) is 0.636. The molecule has 0 radical (unpaired) electrons. The van der Waals surface area contributed by atoms with Gasteiger partial charge in [-0.05, 0) is 12.5 Å². The van der Waals surface area contributed by atoms with Crippen LogP contribution >= 0.6 is 0 Å². The average Bonchev–Trinajstić information content (AvgIpc) is 2.17. The molecule has 0 amide bonds. The summed E-state index contributed by atoms with van der Waals surface area (Å²) in [5, 5.41) is 10.5. The normalized spacial score (nSPS) is 11.4. The predicted octanol–water partition coefficient (Wildman–Crippen LogP) is 1.20. The van der Waals surface area contributed by atoms with E-state index in [2.05, 4.69) is 4.72 Å². The third-order valence-electron chi connectivity index (χ3n) is 2.01. The van der Waals surface area contributed by atoms with Gasteiger partial charge in [-0.2, -0.15) is 0 Å². The molecule has 16 heavy (non-hydrogen) atoms. The average molecular weight is 244 g/mol. The number of nitrogens with zero attached hydrogens (tertiary/aromatic N) is 1. The fraction of sp³-hybridized carbons (Fsp3) is 0.333. The van der Waals surface area contributed by atoms with Crippen LogP contribution in [0.3, 0.4) is 0 Å². The minimum Gasteiger partial charge on any atom is -0.258 e. The van der Waals surface area contributed by atoms with Crippen LogP contribution in [-0.4, -0.2) is 19.9 Å². The second-order valence-electron chi connectivity index (χ2n) is 3.21. The number of benzene rings is 1. The van der Waals surface area contributed by atoms with E-state index in [9.17, 15) is 18.5 Å². The fourth-order valence-corrected chi connectivity index (χ4v) is 2.56. The number of nitro benzene ring substituents is 1. The Bertz CT molecular complexity index is 510. The third kappa shape index (κ3) is 2.56. The molecule has 0 atom stereocenters. The number of aryl methyl sites for hydroxylation is 1. The maximum atomic E-state index is 11.7. The van der Waals surface area contributed by atoms with E-state index in [1.165, 1.54) is 12.1 Å². The predicted molar refractivity (Wildman–Crippen MR) is 58.7 cm³/mol. The molecule has 1 aromatic carbocycles. The maximum Gasteiger partial charge on any atom is 0.270 e. The first-order valence-corrected chi connectivity index (χ1v) is 6.11. The molecule has 0 saturated carbocycles. The smallest absolute Gasteiger partial charge is 0.258 e. The Balaban J connectivity index is 3.33. The monoisotopic (exact) mass is 244 g/mol. The van der Waals surface area contributed by atoms with Crippen LogP contribution in [0.4, 0.5) is 5.69 Å². The van der Waals surface area contributed by atoms with Crippen LogP contribution in [0.15, 0.2) is 23.1 Å². The number of nitrogens with one attached hydrogen (secondary N) is 1. The molecule has 0 saturated heterocycles. The summed E-state index contributed by atoms with van der Waals surface area (Å²) in [5.41, 5.74) is 0.244. The van der Waals surface area contributed by atoms with Crippen molar-refractivity contribution in [3.8, 4) is 0 Å². The first-order valence-electron chi connectivity index (χ1n) is 4.63. The lowest BCUT2D eigenvalue weighted by Gasteiger charge is -2.07. The van der Waals surface area contributed by atoms with E-state index in [1.807, 2.05) is 0 Å². The lowest BCUT2D eigenvalue weighted by Crippen LogP contribution is -2.24. The molecule has 0 aromatic heterocycles. The molecule has 0 aliphatic rings. The highest BCUT2D eigenvalue weighted by Gasteiger charge is 2.19. The molecule has 88 valence electrons. The van der Waals surface area contributed by atoms with Gasteiger partial charge in [-0.3, -0.25) is 10.1 Å². The van der Waals surface area contributed by atoms with E-state index < -0.39 is 14.9 Å². The van der Waals surface area contributed by atoms with Crippen LogP contribution in [0.25, 0.3) is 0 Å². The molecule has 1 aromatic rings. The van der Waals surface area contributed by atoms with E-state index in [1.54, 1.807) is 13.8 Å². The van der Waals surface area contributed by atoms with Crippen molar-refractivity contribution in [2.45, 2.75) is 18.7 Å². The van der Waals surface area contributed by atoms with Crippen molar-refractivity contribution in [1.82, 2.24) is 4.72 Å². The Hall–Kier alpha value is -1.47. The van der Waals surface area contributed by atoms with E-state index in [-0.39, 0.29) is 17.1 Å². The Morgan fingerprint density at radius 3 is 2.56 bits per heavy atom. The molecule has 6 nitrogen and oxygen atoms in total. The number of hydrogen-bond acceptors (Lipinski definition) is 4. The maximum absolute atomic E-state index is 11.7. The molecular weight excluding hydrogens is 232 g/mol. The summed E-state index contributed by atoms with van der Waals surface area (Å²) in [6.07, 6.45) is 0. The summed E-state index contributed by atoms with van der Waals surface area (Å²) in [4.78, 5) is 9.87. The van der Waals surface area contributed by atoms with Crippen molar-refractivity contribution in [1.29, 1.82) is 0 Å². The Kier molecular flexibility index (Phi) is 3.61. The molecule has 1 N–H and O–H groups in total. The largest absolute Gasteiger partial charge is 0.270 e. The standard InChI is InChI=1S/C9H12N2O4S/c1-3-10-16(14,15)9-6-8(11(12)13)5-4-7(9)2/h4-6,10H,3H2,1-2H3. The van der Waals surface area contributed by atoms with Crippen molar-refractivity contribution >= 4 is 15.7 Å². The summed E-state index contributed by atoms with van der Waals surface area (Å²) in [6.45, 7) is 3.47. The molecule has 0 aliphatic heterocycles. The zero-order valence-corrected chi connectivity index (χ0v) is 9.74. The molecule has 0 fully saturated rings. The SMILES string of the molecule is CCNS(=O)(=O)c1cc([N+](=O)[O-])ccc1C. The Morgan fingerprint density at radius 1 is 1.44 bits per heavy atom. The Labute approximate surface area is 93.5 Å². The lowest BCUT2D eigenvalue weighted by molar-refractivity contribution is -0.385. The van der Waals surface area contributed by atoms with Gasteiger partial charge < -0.3 is 0 Å². The van der Waals surface area contributed by atoms with Crippen molar-refractivity contribution in [2.75, 3.05) is 6.54 Å². The molecule has 7 heteroatoms. The van der Waals surface area contributed by atoms with Crippen molar-refractivity contribution < 1.29 is 13.3 Å². The van der Waals surface area contributed by atoms with Crippen LogP contribution in [-0.2, 0) is 10.0 Å². The van der Waals surface area contributed by atoms with Crippen LogP contribution in [0, 0.1) is 17.0 Å². The molecule has 1 rings (SSSR count). The summed E-state index contributed by atoms with van der Waals surface area (Å²) in [7, 11) is -3.65. The van der Waals surface area contributed by atoms with E-state index >= 15 is 0 Å². The van der Waals surface area contributed by atoms with E-state index in [4.69, 9.17) is 0 Å². The topological polar surface area (TPSA) is 89.3 Å². The van der Waals surface area contributed by atoms with Gasteiger partial charge in [0.1, 0.15) is 0 Å². The highest BCUT2D eigenvalue weighted by molar-refractivity contribution is 7.89. The van der Waals surface area contributed by atoms with Gasteiger partial charge in [0.15, 0.2) is 0 Å². The van der Waals surface area contributed by atoms with Gasteiger partial charge in [0.05, 0.1) is 9.82 Å². The van der Waals surface area contributed by atoms with Gasteiger partial charge in [0, 0.05) is 18.7 Å². The molecule has 0 unspecified atom stereocenters. The number of non-ortho nitro benzene ring substituents is 1. The number of nitro groups is 1. The van der Waals surface area contributed by atoms with Gasteiger partial charge in [0.25, 0.3) is 5.69 Å². The zero-order chi connectivity index (χ0) is 12.3. The van der Waals surface area contributed by atoms with Gasteiger partial charge >= 0.3 is 0 Å². The van der Waals surface area contributed by atoms with E-state index in [0.717, 1.165) is 6.07 Å². The number of hydrogen-bond donors (Lipinski definition) is 1. The highest BCUT2D eigenvalue weighted by atomic mass is 32.2. The third-order valence-corrected chi connectivity index (χ3v) is 3.69. The second kappa shape index (κ2) is 4.58. The summed E-state index contributed by atoms with van der Waals surface area (Å²) < 4.78 is 25.7. The van der Waals surface area contributed by atoms with Crippen LogP contribution < -0.4 is 4.72 Å². The first kappa shape index (κ1) is 12.6. The van der Waals surface area contributed by atoms with Gasteiger partial charge in [-0.15, -0.1) is 0 Å². The lowest BCUT2D eigenvalue weighted by atomic mass is 10.2. The minimum atomic E-state index is -3.65. The van der Waals surface area contributed by atoms with Gasteiger partial charge in [-0.25, -0.2) is 13.1 Å². The summed E-state index contributed by atoms with van der Waals surface area (Å²) >= 11 is 0.